The minimum absolute atomic E-state index is 0.115. The van der Waals surface area contributed by atoms with Gasteiger partial charge in [-0.25, -0.2) is 0 Å². The van der Waals surface area contributed by atoms with E-state index < -0.39 is 23.5 Å². The molecule has 0 atom stereocenters. The van der Waals surface area contributed by atoms with Crippen LogP contribution in [0.4, 0.5) is 26.3 Å². The number of alkyl halides is 6. The second-order valence-corrected chi connectivity index (χ2v) is 34.9. The van der Waals surface area contributed by atoms with Crippen LogP contribution in [0.25, 0.3) is 199 Å². The van der Waals surface area contributed by atoms with Crippen molar-refractivity contribution in [2.24, 2.45) is 0 Å². The third-order valence-corrected chi connectivity index (χ3v) is 26.7. The van der Waals surface area contributed by atoms with Crippen LogP contribution < -0.4 is 0 Å². The van der Waals surface area contributed by atoms with E-state index in [0.717, 1.165) is 201 Å². The zero-order valence-corrected chi connectivity index (χ0v) is 73.1. The van der Waals surface area contributed by atoms with Crippen LogP contribution in [-0.2, 0) is 18.8 Å². The highest BCUT2D eigenvalue weighted by Crippen LogP contribution is 2.51. The summed E-state index contributed by atoms with van der Waals surface area (Å²) in [6.07, 6.45) is -9.20. The molecular weight excluding hydrogens is 1670 g/mol. The van der Waals surface area contributed by atoms with Crippen molar-refractivity contribution in [1.29, 1.82) is 21.0 Å². The number of benzene rings is 18. The fraction of sp³-hybridized carbons (Fsp3) is 0.0667. The monoisotopic (exact) mass is 1740 g/mol. The first-order valence-corrected chi connectivity index (χ1v) is 44.1. The van der Waals surface area contributed by atoms with Gasteiger partial charge in [0.25, 0.3) is 0 Å². The number of hydrogen-bond donors (Lipinski definition) is 0. The van der Waals surface area contributed by atoms with Gasteiger partial charge in [-0.2, -0.15) is 47.4 Å². The smallest absolute Gasteiger partial charge is 0.308 e. The largest absolute Gasteiger partial charge is 0.416 e. The summed E-state index contributed by atoms with van der Waals surface area (Å²) in [5, 5.41) is 51.3. The van der Waals surface area contributed by atoms with Gasteiger partial charge in [0.1, 0.15) is 0 Å². The lowest BCUT2D eigenvalue weighted by Gasteiger charge is -2.22. The SMILES string of the molecule is Cc1cccc(-c2ccc3c4ccccc4n(-c4cc(C#N)cc(-n5c6ccccc6c6ccc(-c7cccc(Cc8ccc(C)c(-c9ccc%10c(c9)c9cc(-c%11ccccc%11C)ccc9n%10-c9cc(C#N)cc(-n%10c%11ccc(-c%12ccccc%12C)cc%11c%11cc(-c%12ccccc%12C)ccc%11%10)c9-c9cc(C#N)cc(C(F)(F)F)c9)c8)c7)cc65)c4-c4cc(C#N)cc(C(F)(F)F)c4)c3c2)c1. The molecule has 0 aliphatic heterocycles. The number of halogens is 6. The predicted molar refractivity (Wildman–Crippen MR) is 529 cm³/mol. The summed E-state index contributed by atoms with van der Waals surface area (Å²) < 4.78 is 102. The van der Waals surface area contributed by atoms with E-state index in [1.807, 2.05) is 131 Å². The Hall–Kier alpha value is -17.3. The summed E-state index contributed by atoms with van der Waals surface area (Å²) in [7, 11) is 0. The third-order valence-electron chi connectivity index (χ3n) is 26.7. The molecule has 22 rings (SSSR count). The molecule has 18 aromatic carbocycles. The second-order valence-electron chi connectivity index (χ2n) is 34.9. The van der Waals surface area contributed by atoms with Crippen LogP contribution in [-0.4, -0.2) is 18.3 Å². The zero-order chi connectivity index (χ0) is 91.9. The maximum atomic E-state index is 15.7. The molecule has 0 fully saturated rings. The molecule has 0 unspecified atom stereocenters. The van der Waals surface area contributed by atoms with Gasteiger partial charge in [0.05, 0.1) is 125 Å². The van der Waals surface area contributed by atoms with Gasteiger partial charge < -0.3 is 18.3 Å². The lowest BCUT2D eigenvalue weighted by molar-refractivity contribution is -0.138. The molecule has 0 amide bonds. The molecule has 0 radical (unpaired) electrons. The van der Waals surface area contributed by atoms with Crippen molar-refractivity contribution in [2.75, 3.05) is 0 Å². The quantitative estimate of drug-likeness (QED) is 0.101. The van der Waals surface area contributed by atoms with Crippen LogP contribution in [0.2, 0.25) is 0 Å². The Labute approximate surface area is 767 Å². The molecule has 0 saturated heterocycles. The molecule has 0 N–H and O–H groups in total. The van der Waals surface area contributed by atoms with Crippen molar-refractivity contribution in [2.45, 2.75) is 53.4 Å². The van der Waals surface area contributed by atoms with Crippen LogP contribution in [0, 0.1) is 79.9 Å². The number of nitrogens with zero attached hydrogens (tertiary/aromatic N) is 8. The lowest BCUT2D eigenvalue weighted by Crippen LogP contribution is -2.08. The molecule has 0 bridgehead atoms. The molecule has 14 heteroatoms. The molecule has 4 aromatic heterocycles. The molecular formula is C120H76F6N8. The van der Waals surface area contributed by atoms with Gasteiger partial charge in [-0.05, 0) is 286 Å². The molecule has 0 aliphatic rings. The minimum Gasteiger partial charge on any atom is -0.308 e. The van der Waals surface area contributed by atoms with E-state index in [-0.39, 0.29) is 33.4 Å². The fourth-order valence-corrected chi connectivity index (χ4v) is 20.4. The molecule has 638 valence electrons. The Morgan fingerprint density at radius 1 is 0.224 bits per heavy atom. The Morgan fingerprint density at radius 2 is 0.545 bits per heavy atom. The summed E-state index contributed by atoms with van der Waals surface area (Å²) in [6, 6.07) is 124. The van der Waals surface area contributed by atoms with Crippen LogP contribution in [0.1, 0.15) is 72.3 Å². The number of aromatic nitrogens is 4. The highest BCUT2D eigenvalue weighted by atomic mass is 19.4. The van der Waals surface area contributed by atoms with Crippen molar-refractivity contribution >= 4 is 87.2 Å². The van der Waals surface area contributed by atoms with Crippen LogP contribution >= 0.6 is 0 Å². The van der Waals surface area contributed by atoms with Crippen molar-refractivity contribution in [3.05, 3.63) is 430 Å². The number of fused-ring (bicyclic) bond motifs is 12. The molecule has 0 saturated carbocycles. The second kappa shape index (κ2) is 32.1. The van der Waals surface area contributed by atoms with E-state index >= 15 is 26.3 Å². The maximum Gasteiger partial charge on any atom is 0.416 e. The van der Waals surface area contributed by atoms with Crippen LogP contribution in [0.5, 0.6) is 0 Å². The Balaban J connectivity index is 0.699. The minimum atomic E-state index is -4.87. The van der Waals surface area contributed by atoms with E-state index in [1.165, 1.54) is 12.1 Å². The van der Waals surface area contributed by atoms with Crippen molar-refractivity contribution < 1.29 is 26.3 Å². The lowest BCUT2D eigenvalue weighted by atomic mass is 9.93. The molecule has 4 heterocycles. The van der Waals surface area contributed by atoms with E-state index in [0.29, 0.717) is 56.8 Å². The van der Waals surface area contributed by atoms with E-state index in [9.17, 15) is 21.0 Å². The average molecular weight is 1740 g/mol. The Bertz CT molecular complexity index is 8860. The first-order valence-electron chi connectivity index (χ1n) is 44.1. The molecule has 22 aromatic rings. The van der Waals surface area contributed by atoms with Gasteiger partial charge in [0, 0.05) is 54.2 Å². The average Bonchev–Trinajstić information content (AvgIpc) is 1.55. The van der Waals surface area contributed by atoms with Crippen molar-refractivity contribution in [1.82, 2.24) is 18.3 Å². The number of para-hydroxylation sites is 2. The van der Waals surface area contributed by atoms with E-state index in [2.05, 4.69) is 243 Å². The van der Waals surface area contributed by atoms with Crippen molar-refractivity contribution in [3.8, 4) is 136 Å². The van der Waals surface area contributed by atoms with Gasteiger partial charge in [0.2, 0.25) is 0 Å². The Morgan fingerprint density at radius 3 is 0.940 bits per heavy atom. The first-order chi connectivity index (χ1) is 65.0. The Kier molecular flexibility index (Phi) is 19.7. The van der Waals surface area contributed by atoms with Gasteiger partial charge >= 0.3 is 12.4 Å². The highest BCUT2D eigenvalue weighted by molar-refractivity contribution is 6.17. The standard InChI is InChI=1S/C120H76F6N8/c1-70-18-16-23-81(46-70)83-34-40-98-96-28-12-14-30-105(96)133(111(98)64-83)115-56-80(69-130)57-116(118(115)90-50-78(67-128)52-92(59-90)120(124,125)126)134-106-31-15-13-29-97(106)99-41-35-84(65-112(99)134)82-24-17-22-75(48-82)47-76-33-32-74(5)100(53-76)88-39-45-110-104(63-88)103-62-87(95-27-11-8-21-73(95)4)38-44-109(103)132(110)114-55-79(68-129)54-113(117(114)89-49-77(66-127)51-91(58-89)119(121,122)123)131-107-42-36-85(93-25-9-6-19-71(93)2)60-101(107)102-61-86(37-43-108(102)131)94-26-10-7-20-72(94)3/h6-46,48-65H,47H2,1-5H3. The third kappa shape index (κ3) is 14.1. The molecule has 134 heavy (non-hydrogen) atoms. The summed E-state index contributed by atoms with van der Waals surface area (Å²) >= 11 is 0. The number of aryl methyl sites for hydroxylation is 5. The first kappa shape index (κ1) is 82.4. The predicted octanol–water partition coefficient (Wildman–Crippen LogP) is 32.1. The normalized spacial score (nSPS) is 11.8. The fourth-order valence-electron chi connectivity index (χ4n) is 20.4. The summed E-state index contributed by atoms with van der Waals surface area (Å²) in [4.78, 5) is 0. The summed E-state index contributed by atoms with van der Waals surface area (Å²) in [5.74, 6) is 0. The molecule has 0 spiro atoms. The van der Waals surface area contributed by atoms with Gasteiger partial charge in [0.15, 0.2) is 0 Å². The molecule has 8 nitrogen and oxygen atoms in total. The van der Waals surface area contributed by atoms with Gasteiger partial charge in [-0.3, -0.25) is 0 Å². The molecule has 0 aliphatic carbocycles. The summed E-state index contributed by atoms with van der Waals surface area (Å²) in [5.41, 5.74) is 25.3. The van der Waals surface area contributed by atoms with Gasteiger partial charge in [-0.1, -0.05) is 230 Å². The van der Waals surface area contributed by atoms with Gasteiger partial charge in [-0.15, -0.1) is 0 Å². The maximum absolute atomic E-state index is 15.7. The number of hydrogen-bond acceptors (Lipinski definition) is 4. The van der Waals surface area contributed by atoms with E-state index in [4.69, 9.17) is 0 Å². The summed E-state index contributed by atoms with van der Waals surface area (Å²) in [6.45, 7) is 10.3. The van der Waals surface area contributed by atoms with Crippen LogP contribution in [0.15, 0.2) is 358 Å². The van der Waals surface area contributed by atoms with Crippen molar-refractivity contribution in [3.63, 3.8) is 0 Å². The number of rotatable bonds is 14. The van der Waals surface area contributed by atoms with E-state index in [1.54, 1.807) is 24.3 Å². The zero-order valence-electron chi connectivity index (χ0n) is 73.1. The highest BCUT2D eigenvalue weighted by Gasteiger charge is 2.36. The number of nitriles is 4. The van der Waals surface area contributed by atoms with Crippen LogP contribution in [0.3, 0.4) is 0 Å². The topological polar surface area (TPSA) is 115 Å².